The minimum atomic E-state index is -0.467. The Bertz CT molecular complexity index is 684. The number of nitrogens with zero attached hydrogens (tertiary/aromatic N) is 2. The molecule has 2 aromatic rings. The van der Waals surface area contributed by atoms with Crippen LogP contribution >= 0.6 is 0 Å². The predicted molar refractivity (Wildman–Crippen MR) is 78.6 cm³/mol. The number of carbonyl (C=O) groups excluding carboxylic acids is 1. The summed E-state index contributed by atoms with van der Waals surface area (Å²) >= 11 is 0. The van der Waals surface area contributed by atoms with Gasteiger partial charge in [-0.25, -0.2) is 9.18 Å². The quantitative estimate of drug-likeness (QED) is 0.399. The van der Waals surface area contributed by atoms with E-state index in [1.165, 1.54) is 30.5 Å². The third-order valence-corrected chi connectivity index (χ3v) is 2.97. The molecule has 22 heavy (non-hydrogen) atoms. The molecule has 0 atom stereocenters. The zero-order chi connectivity index (χ0) is 15.9. The second-order valence-corrected chi connectivity index (χ2v) is 4.50. The maximum Gasteiger partial charge on any atom is 0.338 e. The predicted octanol–water partition coefficient (Wildman–Crippen LogP) is 2.82. The Kier molecular flexibility index (Phi) is 5.19. The van der Waals surface area contributed by atoms with Crippen molar-refractivity contribution in [3.8, 4) is 0 Å². The molecule has 0 bridgehead atoms. The molecule has 5 nitrogen and oxygen atoms in total. The molecule has 0 unspecified atom stereocenters. The molecule has 0 aliphatic carbocycles. The lowest BCUT2D eigenvalue weighted by Crippen LogP contribution is -2.11. The molecule has 0 spiro atoms. The van der Waals surface area contributed by atoms with Crippen LogP contribution < -0.4 is 0 Å². The molecule has 114 valence electrons. The largest absolute Gasteiger partial charge is 0.462 e. The van der Waals surface area contributed by atoms with Gasteiger partial charge < -0.3 is 9.94 Å². The number of esters is 1. The zero-order valence-corrected chi connectivity index (χ0v) is 12.0. The summed E-state index contributed by atoms with van der Waals surface area (Å²) in [5.74, 6) is -0.807. The summed E-state index contributed by atoms with van der Waals surface area (Å²) in [5, 5.41) is 12.4. The number of oxime groups is 1. The molecular formula is C16H15FN2O3. The normalized spacial score (nSPS) is 11.3. The van der Waals surface area contributed by atoms with Gasteiger partial charge in [0.1, 0.15) is 11.5 Å². The molecular weight excluding hydrogens is 287 g/mol. The average molecular weight is 302 g/mol. The van der Waals surface area contributed by atoms with Crippen LogP contribution in [0.1, 0.15) is 28.5 Å². The summed E-state index contributed by atoms with van der Waals surface area (Å²) in [5.41, 5.74) is 1.72. The Balaban J connectivity index is 2.22. The molecule has 1 aromatic heterocycles. The van der Waals surface area contributed by atoms with Gasteiger partial charge in [-0.2, -0.15) is 0 Å². The number of ether oxygens (including phenoxy) is 1. The lowest BCUT2D eigenvalue weighted by atomic mass is 10.0. The third kappa shape index (κ3) is 3.88. The van der Waals surface area contributed by atoms with E-state index in [0.717, 1.165) is 5.56 Å². The molecule has 0 amide bonds. The van der Waals surface area contributed by atoms with E-state index in [9.17, 15) is 14.4 Å². The van der Waals surface area contributed by atoms with Gasteiger partial charge in [-0.1, -0.05) is 17.3 Å². The van der Waals surface area contributed by atoms with E-state index < -0.39 is 5.97 Å². The van der Waals surface area contributed by atoms with Gasteiger partial charge in [0.2, 0.25) is 0 Å². The third-order valence-electron chi connectivity index (χ3n) is 2.97. The molecule has 0 saturated carbocycles. The van der Waals surface area contributed by atoms with E-state index in [0.29, 0.717) is 11.3 Å². The van der Waals surface area contributed by atoms with Crippen molar-refractivity contribution >= 4 is 11.7 Å². The second-order valence-electron chi connectivity index (χ2n) is 4.50. The van der Waals surface area contributed by atoms with Gasteiger partial charge in [0.25, 0.3) is 0 Å². The first-order valence-corrected chi connectivity index (χ1v) is 6.73. The van der Waals surface area contributed by atoms with Crippen LogP contribution in [0.3, 0.4) is 0 Å². The van der Waals surface area contributed by atoms with Crippen LogP contribution in [0, 0.1) is 5.82 Å². The van der Waals surface area contributed by atoms with Crippen molar-refractivity contribution in [1.29, 1.82) is 0 Å². The van der Waals surface area contributed by atoms with Crippen molar-refractivity contribution in [2.45, 2.75) is 13.3 Å². The number of halogens is 1. The second kappa shape index (κ2) is 7.31. The van der Waals surface area contributed by atoms with Crippen LogP contribution in [-0.2, 0) is 11.2 Å². The van der Waals surface area contributed by atoms with Gasteiger partial charge in [0.15, 0.2) is 0 Å². The van der Waals surface area contributed by atoms with Crippen LogP contribution in [0.2, 0.25) is 0 Å². The maximum atomic E-state index is 12.9. The highest BCUT2D eigenvalue weighted by Gasteiger charge is 2.12. The van der Waals surface area contributed by atoms with Crippen molar-refractivity contribution < 1.29 is 19.1 Å². The van der Waals surface area contributed by atoms with E-state index >= 15 is 0 Å². The van der Waals surface area contributed by atoms with E-state index in [1.807, 2.05) is 0 Å². The Hall–Kier alpha value is -2.76. The minimum absolute atomic E-state index is 0.260. The lowest BCUT2D eigenvalue weighted by molar-refractivity contribution is 0.0526. The molecule has 0 fully saturated rings. The monoisotopic (exact) mass is 302 g/mol. The van der Waals surface area contributed by atoms with Crippen molar-refractivity contribution in [3.63, 3.8) is 0 Å². The van der Waals surface area contributed by atoms with E-state index in [-0.39, 0.29) is 24.6 Å². The SMILES string of the molecule is CCOC(=O)c1ccnc(/C(Cc2ccc(F)cc2)=N/O)c1. The smallest absolute Gasteiger partial charge is 0.338 e. The molecule has 1 N–H and O–H groups in total. The summed E-state index contributed by atoms with van der Waals surface area (Å²) in [6, 6.07) is 8.86. The summed E-state index contributed by atoms with van der Waals surface area (Å²) in [6.45, 7) is 1.99. The first-order chi connectivity index (χ1) is 10.6. The number of rotatable bonds is 5. The molecule has 0 saturated heterocycles. The molecule has 0 aliphatic heterocycles. The summed E-state index contributed by atoms with van der Waals surface area (Å²) in [4.78, 5) is 15.8. The Morgan fingerprint density at radius 3 is 2.68 bits per heavy atom. The highest BCUT2D eigenvalue weighted by molar-refractivity contribution is 6.01. The van der Waals surface area contributed by atoms with Crippen molar-refractivity contribution in [2.24, 2.45) is 5.16 Å². The standard InChI is InChI=1S/C16H15FN2O3/c1-2-22-16(20)12-7-8-18-14(10-12)15(19-21)9-11-3-5-13(17)6-4-11/h3-8,10,21H,2,9H2,1H3/b19-15+. The molecule has 2 rings (SSSR count). The summed E-state index contributed by atoms with van der Waals surface area (Å²) in [6.07, 6.45) is 1.70. The number of aromatic nitrogens is 1. The molecule has 0 aliphatic rings. The molecule has 6 heteroatoms. The fourth-order valence-electron chi connectivity index (χ4n) is 1.90. The maximum absolute atomic E-state index is 12.9. The fourth-order valence-corrected chi connectivity index (χ4v) is 1.90. The lowest BCUT2D eigenvalue weighted by Gasteiger charge is -2.06. The highest BCUT2D eigenvalue weighted by Crippen LogP contribution is 2.10. The van der Waals surface area contributed by atoms with Gasteiger partial charge >= 0.3 is 5.97 Å². The first kappa shape index (κ1) is 15.6. The van der Waals surface area contributed by atoms with Gasteiger partial charge in [-0.3, -0.25) is 4.98 Å². The molecule has 1 aromatic carbocycles. The summed E-state index contributed by atoms with van der Waals surface area (Å²) in [7, 11) is 0. The zero-order valence-electron chi connectivity index (χ0n) is 12.0. The van der Waals surface area contributed by atoms with E-state index in [2.05, 4.69) is 10.1 Å². The number of benzene rings is 1. The van der Waals surface area contributed by atoms with Crippen LogP contribution in [0.5, 0.6) is 0 Å². The molecule has 1 heterocycles. The van der Waals surface area contributed by atoms with Gasteiger partial charge in [0, 0.05) is 12.6 Å². The van der Waals surface area contributed by atoms with Gasteiger partial charge in [-0.05, 0) is 36.8 Å². The topological polar surface area (TPSA) is 71.8 Å². The Morgan fingerprint density at radius 2 is 2.05 bits per heavy atom. The van der Waals surface area contributed by atoms with Crippen molar-refractivity contribution in [2.75, 3.05) is 6.61 Å². The van der Waals surface area contributed by atoms with Crippen LogP contribution in [0.25, 0.3) is 0 Å². The van der Waals surface area contributed by atoms with E-state index in [1.54, 1.807) is 19.1 Å². The van der Waals surface area contributed by atoms with Gasteiger partial charge in [0.05, 0.1) is 17.9 Å². The number of hydrogen-bond donors (Lipinski definition) is 1. The van der Waals surface area contributed by atoms with Crippen LogP contribution in [0.15, 0.2) is 47.8 Å². The Labute approximate surface area is 127 Å². The van der Waals surface area contributed by atoms with Crippen molar-refractivity contribution in [1.82, 2.24) is 4.98 Å². The molecule has 0 radical (unpaired) electrons. The highest BCUT2D eigenvalue weighted by atomic mass is 19.1. The number of carbonyl (C=O) groups is 1. The fraction of sp³-hybridized carbons (Fsp3) is 0.188. The van der Waals surface area contributed by atoms with Crippen molar-refractivity contribution in [3.05, 3.63) is 65.2 Å². The van der Waals surface area contributed by atoms with E-state index in [4.69, 9.17) is 4.74 Å². The summed E-state index contributed by atoms with van der Waals surface area (Å²) < 4.78 is 17.8. The first-order valence-electron chi connectivity index (χ1n) is 6.73. The number of hydrogen-bond acceptors (Lipinski definition) is 5. The Morgan fingerprint density at radius 1 is 1.32 bits per heavy atom. The minimum Gasteiger partial charge on any atom is -0.462 e. The van der Waals surface area contributed by atoms with Gasteiger partial charge in [-0.15, -0.1) is 0 Å². The van der Waals surface area contributed by atoms with Crippen LogP contribution in [0.4, 0.5) is 4.39 Å². The van der Waals surface area contributed by atoms with Crippen LogP contribution in [-0.4, -0.2) is 28.5 Å². The number of pyridine rings is 1. The average Bonchev–Trinajstić information content (AvgIpc) is 2.54.